The molecule has 0 aliphatic heterocycles. The van der Waals surface area contributed by atoms with Crippen molar-refractivity contribution in [3.05, 3.63) is 54.4 Å². The van der Waals surface area contributed by atoms with E-state index in [4.69, 9.17) is 4.74 Å². The predicted octanol–water partition coefficient (Wildman–Crippen LogP) is 2.68. The molecule has 0 N–H and O–H groups in total. The molecule has 0 bridgehead atoms. The molecule has 3 rings (SSSR count). The summed E-state index contributed by atoms with van der Waals surface area (Å²) in [6, 6.07) is 12.7. The lowest BCUT2D eigenvalue weighted by molar-refractivity contribution is 0.409. The van der Waals surface area contributed by atoms with Gasteiger partial charge in [-0.2, -0.15) is 0 Å². The Morgan fingerprint density at radius 1 is 1.12 bits per heavy atom. The van der Waals surface area contributed by atoms with Gasteiger partial charge < -0.3 is 9.64 Å². The molecule has 0 saturated carbocycles. The van der Waals surface area contributed by atoms with Gasteiger partial charge in [-0.25, -0.2) is 18.4 Å². The summed E-state index contributed by atoms with van der Waals surface area (Å²) in [4.78, 5) is 10.8. The van der Waals surface area contributed by atoms with E-state index < -0.39 is 9.84 Å². The second-order valence-corrected chi connectivity index (χ2v) is 7.83. The normalized spacial score (nSPS) is 11.5. The molecule has 7 heteroatoms. The number of ether oxygens (including phenoxy) is 1. The van der Waals surface area contributed by atoms with Crippen LogP contribution in [0, 0.1) is 0 Å². The Morgan fingerprint density at radius 2 is 1.88 bits per heavy atom. The first-order chi connectivity index (χ1) is 11.9. The van der Waals surface area contributed by atoms with Crippen LogP contribution >= 0.6 is 0 Å². The maximum atomic E-state index is 11.9. The van der Waals surface area contributed by atoms with E-state index in [0.29, 0.717) is 23.3 Å². The second kappa shape index (κ2) is 6.68. The minimum Gasteiger partial charge on any atom is -0.496 e. The number of hydrogen-bond acceptors (Lipinski definition) is 6. The summed E-state index contributed by atoms with van der Waals surface area (Å²) in [5.41, 5.74) is 1.71. The fourth-order valence-electron chi connectivity index (χ4n) is 2.72. The van der Waals surface area contributed by atoms with Crippen LogP contribution in [-0.2, 0) is 16.4 Å². The monoisotopic (exact) mass is 357 g/mol. The zero-order valence-electron chi connectivity index (χ0n) is 14.3. The van der Waals surface area contributed by atoms with E-state index in [-0.39, 0.29) is 4.90 Å². The molecule has 0 aliphatic carbocycles. The number of benzene rings is 2. The first-order valence-corrected chi connectivity index (χ1v) is 9.57. The average molecular weight is 357 g/mol. The molecule has 25 heavy (non-hydrogen) atoms. The van der Waals surface area contributed by atoms with Gasteiger partial charge in [0.2, 0.25) is 0 Å². The van der Waals surface area contributed by atoms with Gasteiger partial charge in [-0.15, -0.1) is 0 Å². The molecule has 3 aromatic rings. The molecular formula is C18H19N3O3S. The van der Waals surface area contributed by atoms with Crippen molar-refractivity contribution in [2.24, 2.45) is 0 Å². The maximum Gasteiger partial charge on any atom is 0.175 e. The number of anilines is 1. The van der Waals surface area contributed by atoms with E-state index in [0.717, 1.165) is 11.3 Å². The molecule has 0 unspecified atom stereocenters. The zero-order valence-corrected chi connectivity index (χ0v) is 15.1. The van der Waals surface area contributed by atoms with Crippen molar-refractivity contribution in [3.63, 3.8) is 0 Å². The van der Waals surface area contributed by atoms with Crippen molar-refractivity contribution in [3.8, 4) is 5.75 Å². The minimum atomic E-state index is -3.30. The third kappa shape index (κ3) is 3.56. The highest BCUT2D eigenvalue weighted by Crippen LogP contribution is 2.27. The fraction of sp³-hybridized carbons (Fsp3) is 0.222. The number of fused-ring (bicyclic) bond motifs is 1. The van der Waals surface area contributed by atoms with Crippen LogP contribution < -0.4 is 9.64 Å². The molecule has 1 heterocycles. The van der Waals surface area contributed by atoms with E-state index in [2.05, 4.69) is 9.97 Å². The van der Waals surface area contributed by atoms with Crippen LogP contribution in [-0.4, -0.2) is 38.8 Å². The first-order valence-electron chi connectivity index (χ1n) is 7.68. The van der Waals surface area contributed by atoms with E-state index in [9.17, 15) is 8.42 Å². The lowest BCUT2D eigenvalue weighted by Gasteiger charge is -2.21. The van der Waals surface area contributed by atoms with Crippen LogP contribution in [0.5, 0.6) is 5.75 Å². The van der Waals surface area contributed by atoms with Crippen molar-refractivity contribution in [1.29, 1.82) is 0 Å². The Morgan fingerprint density at radius 3 is 2.60 bits per heavy atom. The summed E-state index contributed by atoms with van der Waals surface area (Å²) in [6.07, 6.45) is 2.67. The van der Waals surface area contributed by atoms with E-state index >= 15 is 0 Å². The Kier molecular flexibility index (Phi) is 4.59. The van der Waals surface area contributed by atoms with Crippen LogP contribution in [0.25, 0.3) is 10.9 Å². The molecular weight excluding hydrogens is 338 g/mol. The number of para-hydroxylation sites is 1. The number of methoxy groups -OCH3 is 1. The van der Waals surface area contributed by atoms with Gasteiger partial charge >= 0.3 is 0 Å². The largest absolute Gasteiger partial charge is 0.496 e. The first kappa shape index (κ1) is 17.2. The Balaban J connectivity index is 2.05. The Bertz CT molecular complexity index is 1020. The summed E-state index contributed by atoms with van der Waals surface area (Å²) < 4.78 is 29.1. The quantitative estimate of drug-likeness (QED) is 0.699. The highest BCUT2D eigenvalue weighted by Gasteiger charge is 2.14. The Labute approximate surface area is 147 Å². The van der Waals surface area contributed by atoms with E-state index in [1.54, 1.807) is 25.3 Å². The van der Waals surface area contributed by atoms with Crippen molar-refractivity contribution < 1.29 is 13.2 Å². The molecule has 0 aliphatic rings. The van der Waals surface area contributed by atoms with Gasteiger partial charge in [0.05, 0.1) is 17.5 Å². The topological polar surface area (TPSA) is 72.4 Å². The van der Waals surface area contributed by atoms with E-state index in [1.807, 2.05) is 36.2 Å². The van der Waals surface area contributed by atoms with Crippen molar-refractivity contribution in [2.75, 3.05) is 25.3 Å². The van der Waals surface area contributed by atoms with Crippen molar-refractivity contribution in [2.45, 2.75) is 11.4 Å². The lowest BCUT2D eigenvalue weighted by atomic mass is 10.1. The summed E-state index contributed by atoms with van der Waals surface area (Å²) in [5, 5.41) is 0.697. The summed E-state index contributed by atoms with van der Waals surface area (Å²) in [7, 11) is 0.240. The molecule has 0 radical (unpaired) electrons. The van der Waals surface area contributed by atoms with Crippen molar-refractivity contribution >= 4 is 26.6 Å². The highest BCUT2D eigenvalue weighted by molar-refractivity contribution is 7.90. The fourth-order valence-corrected chi connectivity index (χ4v) is 3.37. The smallest absolute Gasteiger partial charge is 0.175 e. The molecule has 130 valence electrons. The number of hydrogen-bond donors (Lipinski definition) is 0. The predicted molar refractivity (Wildman–Crippen MR) is 97.7 cm³/mol. The van der Waals surface area contributed by atoms with Gasteiger partial charge in [-0.05, 0) is 24.3 Å². The number of rotatable bonds is 5. The van der Waals surface area contributed by atoms with Crippen LogP contribution in [0.1, 0.15) is 5.56 Å². The standard InChI is InChI=1S/C18H19N3O3S/c1-21(11-13-6-4-5-7-17(13)24-2)18-15-10-14(25(3,22)23)8-9-16(15)19-12-20-18/h4-10,12H,11H2,1-3H3. The van der Waals surface area contributed by atoms with Gasteiger partial charge in [-0.3, -0.25) is 0 Å². The number of sulfone groups is 1. The molecule has 0 saturated heterocycles. The molecule has 2 aromatic carbocycles. The average Bonchev–Trinajstić information content (AvgIpc) is 2.60. The Hall–Kier alpha value is -2.67. The van der Waals surface area contributed by atoms with Gasteiger partial charge in [0.25, 0.3) is 0 Å². The number of aromatic nitrogens is 2. The molecule has 0 atom stereocenters. The SMILES string of the molecule is COc1ccccc1CN(C)c1ncnc2ccc(S(C)(=O)=O)cc12. The summed E-state index contributed by atoms with van der Waals surface area (Å²) >= 11 is 0. The second-order valence-electron chi connectivity index (χ2n) is 5.82. The van der Waals surface area contributed by atoms with Crippen molar-refractivity contribution in [1.82, 2.24) is 9.97 Å². The van der Waals surface area contributed by atoms with Crippen LogP contribution in [0.3, 0.4) is 0 Å². The maximum absolute atomic E-state index is 11.9. The van der Waals surface area contributed by atoms with Crippen LogP contribution in [0.15, 0.2) is 53.7 Å². The lowest BCUT2D eigenvalue weighted by Crippen LogP contribution is -2.18. The summed E-state index contributed by atoms with van der Waals surface area (Å²) in [6.45, 7) is 0.569. The van der Waals surface area contributed by atoms with Gasteiger partial charge in [0, 0.05) is 30.8 Å². The van der Waals surface area contributed by atoms with Crippen LogP contribution in [0.2, 0.25) is 0 Å². The summed E-state index contributed by atoms with van der Waals surface area (Å²) in [5.74, 6) is 1.46. The molecule has 6 nitrogen and oxygen atoms in total. The number of nitrogens with zero attached hydrogens (tertiary/aromatic N) is 3. The van der Waals surface area contributed by atoms with Crippen LogP contribution in [0.4, 0.5) is 5.82 Å². The van der Waals surface area contributed by atoms with Gasteiger partial charge in [0.1, 0.15) is 17.9 Å². The highest BCUT2D eigenvalue weighted by atomic mass is 32.2. The van der Waals surface area contributed by atoms with Gasteiger partial charge in [-0.1, -0.05) is 18.2 Å². The van der Waals surface area contributed by atoms with E-state index in [1.165, 1.54) is 12.6 Å². The third-order valence-corrected chi connectivity index (χ3v) is 5.09. The molecule has 0 spiro atoms. The molecule has 1 aromatic heterocycles. The zero-order chi connectivity index (χ0) is 18.0. The molecule has 0 fully saturated rings. The minimum absolute atomic E-state index is 0.252. The molecule has 0 amide bonds. The third-order valence-electron chi connectivity index (χ3n) is 3.98. The van der Waals surface area contributed by atoms with Gasteiger partial charge in [0.15, 0.2) is 9.84 Å².